The molecule has 1 aromatic rings. The molecule has 1 rings (SSSR count). The molecule has 0 fully saturated rings. The van der Waals surface area contributed by atoms with E-state index in [2.05, 4.69) is 0 Å². The first-order chi connectivity index (χ1) is 6.83. The minimum absolute atomic E-state index is 0.282. The Morgan fingerprint density at radius 3 is 2.79 bits per heavy atom. The van der Waals surface area contributed by atoms with Crippen LogP contribution in [0.3, 0.4) is 0 Å². The van der Waals surface area contributed by atoms with Crippen molar-refractivity contribution in [3.8, 4) is 10.7 Å². The number of hydrogen-bond acceptors (Lipinski definition) is 3. The van der Waals surface area contributed by atoms with Crippen LogP contribution in [0.5, 0.6) is 5.75 Å². The van der Waals surface area contributed by atoms with Crippen LogP contribution in [0.15, 0.2) is 41.4 Å². The molecular weight excluding hydrogens is 245 g/mol. The van der Waals surface area contributed by atoms with Gasteiger partial charge in [-0.3, -0.25) is 0 Å². The predicted molar refractivity (Wildman–Crippen MR) is 52.6 cm³/mol. The number of carbonyl (C=O) groups excluding carboxylic acids is 1. The van der Waals surface area contributed by atoms with Crippen LogP contribution in [-0.2, 0) is 4.79 Å². The van der Waals surface area contributed by atoms with Crippen LogP contribution in [0.25, 0.3) is 0 Å². The van der Waals surface area contributed by atoms with Gasteiger partial charge in [0, 0.05) is 0 Å². The third-order valence-electron chi connectivity index (χ3n) is 1.29. The number of rotatable bonds is 3. The van der Waals surface area contributed by atoms with Crippen molar-refractivity contribution in [3.05, 3.63) is 41.4 Å². The van der Waals surface area contributed by atoms with Gasteiger partial charge in [-0.15, -0.1) is 0 Å². The zero-order valence-electron chi connectivity index (χ0n) is 7.21. The standard InChI is InChI=1S/C10H7NO2Se/c11-8-14-7-6-10(12)13-9-4-2-1-3-5-9/h1-7H/b7-6-. The number of ether oxygens (including phenoxy) is 1. The summed E-state index contributed by atoms with van der Waals surface area (Å²) in [6, 6.07) is 8.80. The third kappa shape index (κ3) is 3.90. The molecule has 0 heterocycles. The third-order valence-corrected chi connectivity index (χ3v) is 2.08. The molecule has 0 bridgehead atoms. The molecule has 0 unspecified atom stereocenters. The summed E-state index contributed by atoms with van der Waals surface area (Å²) in [5, 5.41) is 8.24. The normalized spacial score (nSPS) is 9.64. The molecule has 0 atom stereocenters. The second kappa shape index (κ2) is 5.98. The van der Waals surface area contributed by atoms with Crippen LogP contribution < -0.4 is 4.74 Å². The van der Waals surface area contributed by atoms with E-state index >= 15 is 0 Å². The summed E-state index contributed by atoms with van der Waals surface area (Å²) in [7, 11) is 0. The zero-order valence-corrected chi connectivity index (χ0v) is 8.93. The predicted octanol–water partition coefficient (Wildman–Crippen LogP) is 1.29. The van der Waals surface area contributed by atoms with Crippen LogP contribution in [0.2, 0.25) is 0 Å². The Labute approximate surface area is 88.1 Å². The van der Waals surface area contributed by atoms with Gasteiger partial charge in [-0.05, 0) is 0 Å². The average molecular weight is 252 g/mol. The fourth-order valence-corrected chi connectivity index (χ4v) is 1.26. The van der Waals surface area contributed by atoms with Crippen LogP contribution >= 0.6 is 0 Å². The van der Waals surface area contributed by atoms with E-state index in [-0.39, 0.29) is 15.0 Å². The molecule has 3 nitrogen and oxygen atoms in total. The van der Waals surface area contributed by atoms with Crippen LogP contribution in [0.1, 0.15) is 0 Å². The summed E-state index contributed by atoms with van der Waals surface area (Å²) in [6.07, 6.45) is 1.27. The molecule has 0 aromatic heterocycles. The molecule has 70 valence electrons. The number of carbonyl (C=O) groups is 1. The fraction of sp³-hybridized carbons (Fsp3) is 0. The van der Waals surface area contributed by atoms with Crippen molar-refractivity contribution >= 4 is 20.9 Å². The van der Waals surface area contributed by atoms with Gasteiger partial charge < -0.3 is 0 Å². The van der Waals surface area contributed by atoms with Gasteiger partial charge in [0.1, 0.15) is 0 Å². The van der Waals surface area contributed by atoms with Gasteiger partial charge >= 0.3 is 87.8 Å². The topological polar surface area (TPSA) is 50.1 Å². The van der Waals surface area contributed by atoms with Crippen molar-refractivity contribution in [3.63, 3.8) is 0 Å². The summed E-state index contributed by atoms with van der Waals surface area (Å²) in [6.45, 7) is 0. The Hall–Kier alpha value is -1.56. The summed E-state index contributed by atoms with van der Waals surface area (Å²) in [5.41, 5.74) is 0. The van der Waals surface area contributed by atoms with Gasteiger partial charge in [-0.2, -0.15) is 0 Å². The van der Waals surface area contributed by atoms with Crippen LogP contribution in [0, 0.1) is 10.2 Å². The summed E-state index contributed by atoms with van der Waals surface area (Å²) in [5.74, 6) is 0.0555. The van der Waals surface area contributed by atoms with Crippen LogP contribution in [0.4, 0.5) is 0 Å². The zero-order chi connectivity index (χ0) is 10.2. The Balaban J connectivity index is 2.47. The Morgan fingerprint density at radius 1 is 1.43 bits per heavy atom. The molecule has 0 aliphatic rings. The summed E-state index contributed by atoms with van der Waals surface area (Å²) >= 11 is -0.282. The summed E-state index contributed by atoms with van der Waals surface area (Å²) < 4.78 is 4.94. The van der Waals surface area contributed by atoms with Gasteiger partial charge in [0.25, 0.3) is 0 Å². The summed E-state index contributed by atoms with van der Waals surface area (Å²) in [4.78, 5) is 14.6. The molecule has 14 heavy (non-hydrogen) atoms. The molecule has 0 N–H and O–H groups in total. The number of benzene rings is 1. The van der Waals surface area contributed by atoms with E-state index in [9.17, 15) is 4.79 Å². The Kier molecular flexibility index (Phi) is 4.49. The van der Waals surface area contributed by atoms with E-state index < -0.39 is 5.97 Å². The van der Waals surface area contributed by atoms with E-state index in [0.29, 0.717) is 5.75 Å². The first-order valence-corrected chi connectivity index (χ1v) is 5.65. The van der Waals surface area contributed by atoms with Crippen molar-refractivity contribution < 1.29 is 9.53 Å². The van der Waals surface area contributed by atoms with E-state index in [1.165, 1.54) is 11.1 Å². The molecule has 0 spiro atoms. The second-order valence-corrected chi connectivity index (χ2v) is 3.69. The van der Waals surface area contributed by atoms with E-state index in [0.717, 1.165) is 0 Å². The minimum atomic E-state index is -0.451. The maximum atomic E-state index is 11.1. The van der Waals surface area contributed by atoms with Gasteiger partial charge in [0.15, 0.2) is 0 Å². The second-order valence-electron chi connectivity index (χ2n) is 2.25. The number of para-hydroxylation sites is 1. The number of hydrogen-bond donors (Lipinski definition) is 0. The van der Waals surface area contributed by atoms with Crippen LogP contribution in [-0.4, -0.2) is 20.9 Å². The van der Waals surface area contributed by atoms with Gasteiger partial charge in [-0.25, -0.2) is 0 Å². The molecule has 0 aliphatic carbocycles. The van der Waals surface area contributed by atoms with Crippen molar-refractivity contribution in [1.82, 2.24) is 0 Å². The molecular formula is C10H7NO2Se. The Morgan fingerprint density at radius 2 is 2.14 bits per heavy atom. The average Bonchev–Trinajstić information content (AvgIpc) is 2.20. The first-order valence-electron chi connectivity index (χ1n) is 3.81. The number of esters is 1. The SMILES string of the molecule is N#C[Se]/C=C\C(=O)Oc1ccccc1. The Bertz CT molecular complexity index is 367. The maximum absolute atomic E-state index is 11.1. The van der Waals surface area contributed by atoms with Crippen molar-refractivity contribution in [2.45, 2.75) is 0 Å². The van der Waals surface area contributed by atoms with Crippen molar-refractivity contribution in [2.75, 3.05) is 0 Å². The monoisotopic (exact) mass is 253 g/mol. The molecule has 0 aliphatic heterocycles. The molecule has 0 radical (unpaired) electrons. The van der Waals surface area contributed by atoms with Gasteiger partial charge in [-0.1, -0.05) is 0 Å². The quantitative estimate of drug-likeness (QED) is 0.352. The van der Waals surface area contributed by atoms with Crippen molar-refractivity contribution in [2.24, 2.45) is 0 Å². The van der Waals surface area contributed by atoms with E-state index in [1.807, 2.05) is 11.0 Å². The molecule has 0 amide bonds. The first kappa shape index (κ1) is 10.5. The molecule has 0 saturated heterocycles. The number of nitriles is 1. The fourth-order valence-electron chi connectivity index (χ4n) is 0.759. The number of nitrogens with zero attached hydrogens (tertiary/aromatic N) is 1. The molecule has 1 aromatic carbocycles. The van der Waals surface area contributed by atoms with Gasteiger partial charge in [0.05, 0.1) is 0 Å². The van der Waals surface area contributed by atoms with E-state index in [1.54, 1.807) is 24.3 Å². The molecule has 0 saturated carbocycles. The van der Waals surface area contributed by atoms with Gasteiger partial charge in [0.2, 0.25) is 0 Å². The molecule has 4 heteroatoms. The van der Waals surface area contributed by atoms with E-state index in [4.69, 9.17) is 10.00 Å². The van der Waals surface area contributed by atoms with Crippen molar-refractivity contribution in [1.29, 1.82) is 5.26 Å².